The second-order valence-corrected chi connectivity index (χ2v) is 4.63. The molecule has 0 saturated carbocycles. The van der Waals surface area contributed by atoms with Gasteiger partial charge in [0.05, 0.1) is 11.7 Å². The maximum atomic E-state index is 6.10. The van der Waals surface area contributed by atoms with Crippen LogP contribution in [0.2, 0.25) is 0 Å². The minimum atomic E-state index is 0.753. The molecule has 4 nitrogen and oxygen atoms in total. The van der Waals surface area contributed by atoms with Crippen molar-refractivity contribution in [1.82, 2.24) is 14.5 Å². The molecule has 0 atom stereocenters. The van der Waals surface area contributed by atoms with Gasteiger partial charge in [0.2, 0.25) is 0 Å². The van der Waals surface area contributed by atoms with E-state index in [9.17, 15) is 0 Å². The highest BCUT2D eigenvalue weighted by atomic mass is 15.1. The predicted octanol–water partition coefficient (Wildman–Crippen LogP) is 3.01. The molecule has 1 aromatic carbocycles. The van der Waals surface area contributed by atoms with Crippen molar-refractivity contribution in [3.63, 3.8) is 0 Å². The van der Waals surface area contributed by atoms with Crippen molar-refractivity contribution in [1.29, 1.82) is 0 Å². The quantitative estimate of drug-likeness (QED) is 0.713. The molecule has 0 bridgehead atoms. The van der Waals surface area contributed by atoms with Gasteiger partial charge >= 0.3 is 0 Å². The zero-order chi connectivity index (χ0) is 13.4. The number of imidazole rings is 1. The van der Waals surface area contributed by atoms with Crippen molar-refractivity contribution in [2.45, 2.75) is 20.4 Å². The third-order valence-electron chi connectivity index (χ3n) is 3.32. The highest BCUT2D eigenvalue weighted by Crippen LogP contribution is 2.29. The van der Waals surface area contributed by atoms with E-state index in [-0.39, 0.29) is 0 Å². The third kappa shape index (κ3) is 1.85. The average Bonchev–Trinajstić information content (AvgIpc) is 2.79. The third-order valence-corrected chi connectivity index (χ3v) is 3.32. The van der Waals surface area contributed by atoms with Crippen LogP contribution in [0, 0.1) is 6.92 Å². The fourth-order valence-electron chi connectivity index (χ4n) is 2.37. The first-order valence-corrected chi connectivity index (χ1v) is 6.37. The molecule has 2 aromatic heterocycles. The second kappa shape index (κ2) is 4.39. The Morgan fingerprint density at radius 2 is 2.11 bits per heavy atom. The number of fused-ring (bicyclic) bond motifs is 1. The number of nitrogen functional groups attached to an aromatic ring is 1. The summed E-state index contributed by atoms with van der Waals surface area (Å²) in [6.07, 6.45) is 3.58. The lowest BCUT2D eigenvalue weighted by molar-refractivity contribution is 0.796. The van der Waals surface area contributed by atoms with Crippen molar-refractivity contribution in [3.8, 4) is 11.4 Å². The summed E-state index contributed by atoms with van der Waals surface area (Å²) in [5.41, 5.74) is 11.0. The summed E-state index contributed by atoms with van der Waals surface area (Å²) < 4.78 is 2.17. The molecule has 0 fully saturated rings. The van der Waals surface area contributed by atoms with Crippen LogP contribution >= 0.6 is 0 Å². The smallest absolute Gasteiger partial charge is 0.143 e. The number of aromatic nitrogens is 3. The predicted molar refractivity (Wildman–Crippen MR) is 77.8 cm³/mol. The minimum Gasteiger partial charge on any atom is -0.398 e. The molecule has 4 heteroatoms. The van der Waals surface area contributed by atoms with Crippen LogP contribution in [-0.4, -0.2) is 14.5 Å². The van der Waals surface area contributed by atoms with Gasteiger partial charge in [0.15, 0.2) is 0 Å². The molecule has 3 aromatic rings. The number of anilines is 1. The number of hydrogen-bond acceptors (Lipinski definition) is 3. The zero-order valence-corrected chi connectivity index (χ0v) is 11.1. The average molecular weight is 252 g/mol. The van der Waals surface area contributed by atoms with E-state index in [1.807, 2.05) is 18.2 Å². The summed E-state index contributed by atoms with van der Waals surface area (Å²) >= 11 is 0. The molecular weight excluding hydrogens is 236 g/mol. The SMILES string of the molecule is CCn1c(-c2cc(C)ccc2N)nc2cnccc21. The lowest BCUT2D eigenvalue weighted by atomic mass is 10.1. The second-order valence-electron chi connectivity index (χ2n) is 4.63. The van der Waals surface area contributed by atoms with Gasteiger partial charge in [-0.2, -0.15) is 0 Å². The molecule has 96 valence electrons. The Kier molecular flexibility index (Phi) is 2.71. The van der Waals surface area contributed by atoms with Crippen LogP contribution in [0.25, 0.3) is 22.4 Å². The Balaban J connectivity index is 2.33. The lowest BCUT2D eigenvalue weighted by Crippen LogP contribution is -2.00. The summed E-state index contributed by atoms with van der Waals surface area (Å²) in [6.45, 7) is 5.02. The number of nitrogens with two attached hydrogens (primary N) is 1. The normalized spacial score (nSPS) is 11.1. The molecule has 0 aliphatic rings. The first kappa shape index (κ1) is 11.7. The fraction of sp³-hybridized carbons (Fsp3) is 0.200. The maximum absolute atomic E-state index is 6.10. The van der Waals surface area contributed by atoms with E-state index in [1.165, 1.54) is 5.56 Å². The molecule has 0 radical (unpaired) electrons. The van der Waals surface area contributed by atoms with Gasteiger partial charge in [-0.3, -0.25) is 4.98 Å². The molecule has 0 spiro atoms. The van der Waals surface area contributed by atoms with Gasteiger partial charge in [-0.05, 0) is 32.0 Å². The number of hydrogen-bond donors (Lipinski definition) is 1. The lowest BCUT2D eigenvalue weighted by Gasteiger charge is -2.09. The fourth-order valence-corrected chi connectivity index (χ4v) is 2.37. The van der Waals surface area contributed by atoms with Crippen molar-refractivity contribution in [3.05, 3.63) is 42.2 Å². The molecule has 19 heavy (non-hydrogen) atoms. The van der Waals surface area contributed by atoms with E-state index in [1.54, 1.807) is 12.4 Å². The Hall–Kier alpha value is -2.36. The van der Waals surface area contributed by atoms with Crippen LogP contribution in [0.1, 0.15) is 12.5 Å². The first-order valence-electron chi connectivity index (χ1n) is 6.37. The van der Waals surface area contributed by atoms with E-state index in [0.29, 0.717) is 0 Å². The number of rotatable bonds is 2. The molecule has 2 heterocycles. The Labute approximate surface area is 111 Å². The molecule has 0 saturated heterocycles. The summed E-state index contributed by atoms with van der Waals surface area (Å²) in [6, 6.07) is 8.01. The van der Waals surface area contributed by atoms with Gasteiger partial charge in [0.25, 0.3) is 0 Å². The molecular formula is C15H16N4. The van der Waals surface area contributed by atoms with E-state index >= 15 is 0 Å². The summed E-state index contributed by atoms with van der Waals surface area (Å²) in [4.78, 5) is 8.80. The highest BCUT2D eigenvalue weighted by Gasteiger charge is 2.13. The summed E-state index contributed by atoms with van der Waals surface area (Å²) in [5, 5.41) is 0. The minimum absolute atomic E-state index is 0.753. The van der Waals surface area contributed by atoms with Crippen LogP contribution in [0.5, 0.6) is 0 Å². The van der Waals surface area contributed by atoms with E-state index in [2.05, 4.69) is 34.4 Å². The van der Waals surface area contributed by atoms with Crippen LogP contribution in [-0.2, 0) is 6.54 Å². The molecule has 2 N–H and O–H groups in total. The van der Waals surface area contributed by atoms with Crippen molar-refractivity contribution in [2.75, 3.05) is 5.73 Å². The maximum Gasteiger partial charge on any atom is 0.143 e. The molecule has 0 unspecified atom stereocenters. The Morgan fingerprint density at radius 1 is 1.26 bits per heavy atom. The number of benzene rings is 1. The van der Waals surface area contributed by atoms with Gasteiger partial charge in [0, 0.05) is 24.0 Å². The van der Waals surface area contributed by atoms with E-state index in [4.69, 9.17) is 5.73 Å². The monoisotopic (exact) mass is 252 g/mol. The van der Waals surface area contributed by atoms with Crippen molar-refractivity contribution < 1.29 is 0 Å². The van der Waals surface area contributed by atoms with E-state index < -0.39 is 0 Å². The molecule has 3 rings (SSSR count). The molecule has 0 aliphatic heterocycles. The Morgan fingerprint density at radius 3 is 2.89 bits per heavy atom. The zero-order valence-electron chi connectivity index (χ0n) is 11.1. The van der Waals surface area contributed by atoms with Crippen LogP contribution < -0.4 is 5.73 Å². The Bertz CT molecular complexity index is 743. The first-order chi connectivity index (χ1) is 9.20. The van der Waals surface area contributed by atoms with Crippen LogP contribution in [0.15, 0.2) is 36.7 Å². The van der Waals surface area contributed by atoms with E-state index in [0.717, 1.165) is 34.7 Å². The summed E-state index contributed by atoms with van der Waals surface area (Å²) in [5.74, 6) is 0.909. The van der Waals surface area contributed by atoms with Crippen molar-refractivity contribution in [2.24, 2.45) is 0 Å². The van der Waals surface area contributed by atoms with Gasteiger partial charge < -0.3 is 10.3 Å². The summed E-state index contributed by atoms with van der Waals surface area (Å²) in [7, 11) is 0. The highest BCUT2D eigenvalue weighted by molar-refractivity contribution is 5.83. The molecule has 0 aliphatic carbocycles. The van der Waals surface area contributed by atoms with Crippen LogP contribution in [0.3, 0.4) is 0 Å². The standard InChI is InChI=1S/C15H16N4/c1-3-19-14-6-7-17-9-13(14)18-15(19)11-8-10(2)4-5-12(11)16/h4-9H,3,16H2,1-2H3. The van der Waals surface area contributed by atoms with Crippen LogP contribution in [0.4, 0.5) is 5.69 Å². The number of pyridine rings is 1. The van der Waals surface area contributed by atoms with Gasteiger partial charge in [-0.25, -0.2) is 4.98 Å². The molecule has 0 amide bonds. The van der Waals surface area contributed by atoms with Gasteiger partial charge in [-0.15, -0.1) is 0 Å². The topological polar surface area (TPSA) is 56.7 Å². The van der Waals surface area contributed by atoms with Gasteiger partial charge in [0.1, 0.15) is 11.3 Å². The van der Waals surface area contributed by atoms with Crippen molar-refractivity contribution >= 4 is 16.7 Å². The van der Waals surface area contributed by atoms with Gasteiger partial charge in [-0.1, -0.05) is 11.6 Å². The number of nitrogens with zero attached hydrogens (tertiary/aromatic N) is 3. The number of aryl methyl sites for hydroxylation is 2. The largest absolute Gasteiger partial charge is 0.398 e.